The van der Waals surface area contributed by atoms with E-state index in [2.05, 4.69) is 23.2 Å². The van der Waals surface area contributed by atoms with Gasteiger partial charge in [0.25, 0.3) is 0 Å². The molecule has 1 rings (SSSR count). The van der Waals surface area contributed by atoms with Gasteiger partial charge in [-0.15, -0.1) is 0 Å². The number of ether oxygens (including phenoxy) is 1. The fourth-order valence-corrected chi connectivity index (χ4v) is 2.02. The van der Waals surface area contributed by atoms with Crippen LogP contribution in [0.5, 0.6) is 0 Å². The first-order chi connectivity index (χ1) is 8.44. The molecule has 0 amide bonds. The average molecular weight is 250 g/mol. The number of methoxy groups -OCH3 is 1. The molecule has 0 spiro atoms. The standard InChI is InChI=1S/C14H22N2O2/c1-11-8-6-7-9-12(11)16(4)10-14(2,15-3)13(17)18-5/h6-9,15H,10H2,1-5H3. The minimum Gasteiger partial charge on any atom is -0.468 e. The molecular weight excluding hydrogens is 228 g/mol. The lowest BCUT2D eigenvalue weighted by Crippen LogP contribution is -2.55. The molecule has 100 valence electrons. The van der Waals surface area contributed by atoms with Crippen LogP contribution in [0, 0.1) is 6.92 Å². The van der Waals surface area contributed by atoms with Crippen molar-refractivity contribution < 1.29 is 9.53 Å². The summed E-state index contributed by atoms with van der Waals surface area (Å²) >= 11 is 0. The predicted molar refractivity (Wildman–Crippen MR) is 73.9 cm³/mol. The summed E-state index contributed by atoms with van der Waals surface area (Å²) in [7, 11) is 5.15. The van der Waals surface area contributed by atoms with Gasteiger partial charge < -0.3 is 15.0 Å². The molecule has 0 heterocycles. The van der Waals surface area contributed by atoms with Crippen LogP contribution in [0.2, 0.25) is 0 Å². The number of nitrogens with one attached hydrogen (secondary N) is 1. The van der Waals surface area contributed by atoms with E-state index < -0.39 is 5.54 Å². The Labute approximate surface area is 109 Å². The Morgan fingerprint density at radius 1 is 1.44 bits per heavy atom. The van der Waals surface area contributed by atoms with Gasteiger partial charge in [-0.3, -0.25) is 0 Å². The SMILES string of the molecule is CNC(C)(CN(C)c1ccccc1C)C(=O)OC. The molecule has 1 aromatic carbocycles. The fourth-order valence-electron chi connectivity index (χ4n) is 2.02. The molecule has 0 aliphatic rings. The van der Waals surface area contributed by atoms with E-state index in [-0.39, 0.29) is 5.97 Å². The second-order valence-corrected chi connectivity index (χ2v) is 4.72. The van der Waals surface area contributed by atoms with E-state index in [1.807, 2.05) is 32.2 Å². The monoisotopic (exact) mass is 250 g/mol. The largest absolute Gasteiger partial charge is 0.468 e. The maximum atomic E-state index is 11.8. The zero-order valence-corrected chi connectivity index (χ0v) is 11.8. The summed E-state index contributed by atoms with van der Waals surface area (Å²) in [6.07, 6.45) is 0. The number of aryl methyl sites for hydroxylation is 1. The number of likely N-dealkylation sites (N-methyl/N-ethyl adjacent to an activating group) is 2. The second kappa shape index (κ2) is 5.87. The van der Waals surface area contributed by atoms with Crippen LogP contribution < -0.4 is 10.2 Å². The summed E-state index contributed by atoms with van der Waals surface area (Å²) in [6.45, 7) is 4.44. The molecule has 1 unspecified atom stereocenters. The van der Waals surface area contributed by atoms with Gasteiger partial charge in [0.1, 0.15) is 5.54 Å². The van der Waals surface area contributed by atoms with Crippen molar-refractivity contribution in [2.45, 2.75) is 19.4 Å². The van der Waals surface area contributed by atoms with E-state index in [1.165, 1.54) is 12.7 Å². The van der Waals surface area contributed by atoms with E-state index in [9.17, 15) is 4.79 Å². The molecular formula is C14H22N2O2. The van der Waals surface area contributed by atoms with Crippen molar-refractivity contribution in [1.82, 2.24) is 5.32 Å². The third-order valence-electron chi connectivity index (χ3n) is 3.27. The zero-order valence-electron chi connectivity index (χ0n) is 11.8. The number of esters is 1. The summed E-state index contributed by atoms with van der Waals surface area (Å²) in [5, 5.41) is 3.03. The molecule has 1 aromatic rings. The second-order valence-electron chi connectivity index (χ2n) is 4.72. The first-order valence-electron chi connectivity index (χ1n) is 5.98. The van der Waals surface area contributed by atoms with Gasteiger partial charge in [-0.2, -0.15) is 0 Å². The number of benzene rings is 1. The molecule has 18 heavy (non-hydrogen) atoms. The van der Waals surface area contributed by atoms with Crippen molar-refractivity contribution in [3.63, 3.8) is 0 Å². The minimum absolute atomic E-state index is 0.259. The van der Waals surface area contributed by atoms with E-state index >= 15 is 0 Å². The average Bonchev–Trinajstić information content (AvgIpc) is 2.37. The van der Waals surface area contributed by atoms with E-state index in [1.54, 1.807) is 7.05 Å². The lowest BCUT2D eigenvalue weighted by molar-refractivity contribution is -0.147. The molecule has 0 radical (unpaired) electrons. The Morgan fingerprint density at radius 2 is 2.06 bits per heavy atom. The van der Waals surface area contributed by atoms with Crippen LogP contribution in [0.25, 0.3) is 0 Å². The summed E-state index contributed by atoms with van der Waals surface area (Å²) < 4.78 is 4.85. The van der Waals surface area contributed by atoms with Gasteiger partial charge in [-0.1, -0.05) is 18.2 Å². The Hall–Kier alpha value is -1.55. The molecule has 0 aliphatic heterocycles. The quantitative estimate of drug-likeness (QED) is 0.806. The Bertz CT molecular complexity index is 420. The highest BCUT2D eigenvalue weighted by atomic mass is 16.5. The van der Waals surface area contributed by atoms with Crippen LogP contribution in [0.1, 0.15) is 12.5 Å². The maximum absolute atomic E-state index is 11.8. The van der Waals surface area contributed by atoms with Gasteiger partial charge in [-0.05, 0) is 32.5 Å². The molecule has 0 aromatic heterocycles. The lowest BCUT2D eigenvalue weighted by Gasteiger charge is -2.32. The van der Waals surface area contributed by atoms with E-state index in [0.717, 1.165) is 5.69 Å². The van der Waals surface area contributed by atoms with Crippen molar-refractivity contribution in [2.24, 2.45) is 0 Å². The third kappa shape index (κ3) is 3.01. The first kappa shape index (κ1) is 14.5. The molecule has 1 atom stereocenters. The highest BCUT2D eigenvalue weighted by Gasteiger charge is 2.34. The molecule has 0 aliphatic carbocycles. The molecule has 0 saturated carbocycles. The normalized spacial score (nSPS) is 13.8. The highest BCUT2D eigenvalue weighted by molar-refractivity contribution is 5.81. The third-order valence-corrected chi connectivity index (χ3v) is 3.27. The summed E-state index contributed by atoms with van der Waals surface area (Å²) in [4.78, 5) is 13.9. The van der Waals surface area contributed by atoms with Crippen molar-refractivity contribution in [1.29, 1.82) is 0 Å². The van der Waals surface area contributed by atoms with E-state index in [0.29, 0.717) is 6.54 Å². The van der Waals surface area contributed by atoms with Gasteiger partial charge in [0.05, 0.1) is 7.11 Å². The van der Waals surface area contributed by atoms with Crippen molar-refractivity contribution in [2.75, 3.05) is 32.6 Å². The number of hydrogen-bond acceptors (Lipinski definition) is 4. The van der Waals surface area contributed by atoms with Gasteiger partial charge in [0.15, 0.2) is 0 Å². The van der Waals surface area contributed by atoms with Crippen molar-refractivity contribution >= 4 is 11.7 Å². The Balaban J connectivity index is 2.89. The van der Waals surface area contributed by atoms with Crippen LogP contribution in [0.3, 0.4) is 0 Å². The summed E-state index contributed by atoms with van der Waals surface area (Å²) in [6, 6.07) is 8.10. The Kier molecular flexibility index (Phi) is 4.73. The number of carbonyl (C=O) groups is 1. The van der Waals surface area contributed by atoms with E-state index in [4.69, 9.17) is 4.74 Å². The minimum atomic E-state index is -0.716. The maximum Gasteiger partial charge on any atom is 0.327 e. The number of anilines is 1. The van der Waals surface area contributed by atoms with Crippen LogP contribution in [0.15, 0.2) is 24.3 Å². The van der Waals surface area contributed by atoms with Crippen molar-refractivity contribution in [3.05, 3.63) is 29.8 Å². The molecule has 0 fully saturated rings. The van der Waals surface area contributed by atoms with Gasteiger partial charge in [0.2, 0.25) is 0 Å². The molecule has 1 N–H and O–H groups in total. The van der Waals surface area contributed by atoms with Crippen LogP contribution in [-0.4, -0.2) is 39.3 Å². The van der Waals surface area contributed by atoms with Gasteiger partial charge in [0, 0.05) is 19.3 Å². The number of nitrogens with zero attached hydrogens (tertiary/aromatic N) is 1. The van der Waals surface area contributed by atoms with Crippen molar-refractivity contribution in [3.8, 4) is 0 Å². The zero-order chi connectivity index (χ0) is 13.8. The fraction of sp³-hybridized carbons (Fsp3) is 0.500. The lowest BCUT2D eigenvalue weighted by atomic mass is 10.0. The highest BCUT2D eigenvalue weighted by Crippen LogP contribution is 2.20. The number of hydrogen-bond donors (Lipinski definition) is 1. The summed E-state index contributed by atoms with van der Waals surface area (Å²) in [5.41, 5.74) is 1.58. The van der Waals surface area contributed by atoms with Crippen LogP contribution >= 0.6 is 0 Å². The number of rotatable bonds is 5. The Morgan fingerprint density at radius 3 is 2.56 bits per heavy atom. The molecule has 0 saturated heterocycles. The van der Waals surface area contributed by atoms with Crippen LogP contribution in [-0.2, 0) is 9.53 Å². The number of carbonyl (C=O) groups excluding carboxylic acids is 1. The van der Waals surface area contributed by atoms with Gasteiger partial charge >= 0.3 is 5.97 Å². The molecule has 0 bridgehead atoms. The number of para-hydroxylation sites is 1. The van der Waals surface area contributed by atoms with Crippen LogP contribution in [0.4, 0.5) is 5.69 Å². The molecule has 4 heteroatoms. The first-order valence-corrected chi connectivity index (χ1v) is 5.98. The molecule has 4 nitrogen and oxygen atoms in total. The summed E-state index contributed by atoms with van der Waals surface area (Å²) in [5.74, 6) is -0.259. The topological polar surface area (TPSA) is 41.6 Å². The smallest absolute Gasteiger partial charge is 0.327 e. The predicted octanol–water partition coefficient (Wildman–Crippen LogP) is 1.58. The van der Waals surface area contributed by atoms with Gasteiger partial charge in [-0.25, -0.2) is 4.79 Å².